The lowest BCUT2D eigenvalue weighted by atomic mass is 9.96. The van der Waals surface area contributed by atoms with Gasteiger partial charge >= 0.3 is 0 Å². The number of H-pyrrole nitrogens is 1. The number of carbonyl (C=O) groups is 1. The second kappa shape index (κ2) is 4.98. The molecule has 20 heavy (non-hydrogen) atoms. The van der Waals surface area contributed by atoms with E-state index in [9.17, 15) is 4.79 Å². The summed E-state index contributed by atoms with van der Waals surface area (Å²) >= 11 is 1.55. The van der Waals surface area contributed by atoms with Crippen LogP contribution in [0.5, 0.6) is 0 Å². The van der Waals surface area contributed by atoms with Crippen LogP contribution in [0, 0.1) is 0 Å². The quantitative estimate of drug-likeness (QED) is 0.924. The number of amidine groups is 1. The summed E-state index contributed by atoms with van der Waals surface area (Å²) in [7, 11) is 3.83. The summed E-state index contributed by atoms with van der Waals surface area (Å²) in [5.41, 5.74) is 2.29. The molecule has 0 aliphatic carbocycles. The van der Waals surface area contributed by atoms with E-state index in [0.717, 1.165) is 10.7 Å². The molecule has 1 N–H and O–H groups in total. The number of fused-ring (bicyclic) bond motifs is 1. The van der Waals surface area contributed by atoms with Crippen molar-refractivity contribution >= 4 is 33.7 Å². The van der Waals surface area contributed by atoms with Gasteiger partial charge in [0.25, 0.3) is 5.91 Å². The molecule has 0 bridgehead atoms. The lowest BCUT2D eigenvalue weighted by molar-refractivity contribution is -0.117. The van der Waals surface area contributed by atoms with E-state index in [-0.39, 0.29) is 17.1 Å². The fourth-order valence-electron chi connectivity index (χ4n) is 2.50. The topological polar surface area (TPSA) is 48.5 Å². The largest absolute Gasteiger partial charge is 0.361 e. The molecule has 5 heteroatoms. The maximum absolute atomic E-state index is 12.1. The van der Waals surface area contributed by atoms with Crippen LogP contribution < -0.4 is 0 Å². The minimum absolute atomic E-state index is 0.0310. The molecule has 0 unspecified atom stereocenters. The number of aromatic amines is 1. The highest BCUT2D eigenvalue weighted by molar-refractivity contribution is 8.15. The van der Waals surface area contributed by atoms with Crippen molar-refractivity contribution in [2.24, 2.45) is 4.99 Å². The number of hydrogen-bond acceptors (Lipinski definition) is 3. The van der Waals surface area contributed by atoms with E-state index < -0.39 is 0 Å². The second-order valence-corrected chi connectivity index (χ2v) is 6.35. The molecule has 1 aliphatic heterocycles. The zero-order valence-corrected chi connectivity index (χ0v) is 12.6. The van der Waals surface area contributed by atoms with Crippen molar-refractivity contribution in [1.29, 1.82) is 0 Å². The monoisotopic (exact) mass is 287 g/mol. The number of aromatic nitrogens is 1. The van der Waals surface area contributed by atoms with Gasteiger partial charge in [0, 0.05) is 37.1 Å². The van der Waals surface area contributed by atoms with Crippen LogP contribution in [0.4, 0.5) is 0 Å². The Kier molecular flexibility index (Phi) is 3.30. The molecule has 2 atom stereocenters. The van der Waals surface area contributed by atoms with Crippen LogP contribution in [0.25, 0.3) is 10.9 Å². The molecule has 1 aromatic heterocycles. The van der Waals surface area contributed by atoms with Gasteiger partial charge in [0.2, 0.25) is 0 Å². The minimum Gasteiger partial charge on any atom is -0.361 e. The van der Waals surface area contributed by atoms with Crippen LogP contribution in [0.2, 0.25) is 0 Å². The van der Waals surface area contributed by atoms with Crippen LogP contribution >= 0.6 is 11.8 Å². The van der Waals surface area contributed by atoms with E-state index in [1.807, 2.05) is 37.3 Å². The van der Waals surface area contributed by atoms with Crippen molar-refractivity contribution in [3.05, 3.63) is 36.0 Å². The second-order valence-electron chi connectivity index (χ2n) is 5.24. The first kappa shape index (κ1) is 13.2. The summed E-state index contributed by atoms with van der Waals surface area (Å²) in [6.07, 6.45) is 2.01. The zero-order valence-electron chi connectivity index (χ0n) is 11.8. The van der Waals surface area contributed by atoms with Gasteiger partial charge in [-0.25, -0.2) is 0 Å². The van der Waals surface area contributed by atoms with Crippen molar-refractivity contribution in [3.63, 3.8) is 0 Å². The molecule has 0 fully saturated rings. The van der Waals surface area contributed by atoms with Gasteiger partial charge in [0.15, 0.2) is 5.17 Å². The predicted molar refractivity (Wildman–Crippen MR) is 84.2 cm³/mol. The van der Waals surface area contributed by atoms with Gasteiger partial charge in [-0.05, 0) is 11.6 Å². The van der Waals surface area contributed by atoms with Gasteiger partial charge in [-0.15, -0.1) is 0 Å². The highest BCUT2D eigenvalue weighted by Crippen LogP contribution is 2.37. The molecule has 104 valence electrons. The van der Waals surface area contributed by atoms with Crippen molar-refractivity contribution in [2.75, 3.05) is 14.1 Å². The Morgan fingerprint density at radius 2 is 2.10 bits per heavy atom. The molecule has 0 spiro atoms. The molecule has 4 nitrogen and oxygen atoms in total. The third-order valence-corrected chi connectivity index (χ3v) is 5.16. The molecule has 2 aromatic rings. The number of rotatable bonds is 2. The molecule has 1 aromatic carbocycles. The molecular formula is C15H17N3OS. The molecular weight excluding hydrogens is 270 g/mol. The van der Waals surface area contributed by atoms with E-state index in [4.69, 9.17) is 0 Å². The molecule has 0 radical (unpaired) electrons. The first-order valence-corrected chi connectivity index (χ1v) is 7.48. The Morgan fingerprint density at radius 1 is 1.35 bits per heavy atom. The predicted octanol–water partition coefficient (Wildman–Crippen LogP) is 2.83. The van der Waals surface area contributed by atoms with Gasteiger partial charge in [0.1, 0.15) is 5.25 Å². The normalized spacial score (nSPS) is 20.2. The Bertz CT molecular complexity index is 689. The third kappa shape index (κ3) is 2.12. The van der Waals surface area contributed by atoms with E-state index in [2.05, 4.69) is 29.0 Å². The lowest BCUT2D eigenvalue weighted by Gasteiger charge is -2.17. The first-order chi connectivity index (χ1) is 9.58. The highest BCUT2D eigenvalue weighted by atomic mass is 32.2. The van der Waals surface area contributed by atoms with Crippen LogP contribution in [-0.4, -0.2) is 40.3 Å². The molecule has 3 rings (SSSR count). The molecule has 1 amide bonds. The molecule has 1 aliphatic rings. The highest BCUT2D eigenvalue weighted by Gasteiger charge is 2.35. The number of benzene rings is 1. The third-order valence-electron chi connectivity index (χ3n) is 3.63. The van der Waals surface area contributed by atoms with E-state index in [0.29, 0.717) is 0 Å². The van der Waals surface area contributed by atoms with Crippen LogP contribution in [0.3, 0.4) is 0 Å². The number of hydrogen-bond donors (Lipinski definition) is 1. The average molecular weight is 287 g/mol. The maximum Gasteiger partial charge on any atom is 0.262 e. The smallest absolute Gasteiger partial charge is 0.262 e. The lowest BCUT2D eigenvalue weighted by Crippen LogP contribution is -2.20. The van der Waals surface area contributed by atoms with Gasteiger partial charge in [-0.1, -0.05) is 36.9 Å². The summed E-state index contributed by atoms with van der Waals surface area (Å²) in [4.78, 5) is 21.4. The van der Waals surface area contributed by atoms with Crippen LogP contribution in [0.15, 0.2) is 35.5 Å². The summed E-state index contributed by atoms with van der Waals surface area (Å²) < 4.78 is 0. The zero-order chi connectivity index (χ0) is 14.3. The van der Waals surface area contributed by atoms with E-state index in [1.54, 1.807) is 11.8 Å². The van der Waals surface area contributed by atoms with Crippen molar-refractivity contribution in [1.82, 2.24) is 9.88 Å². The van der Waals surface area contributed by atoms with E-state index in [1.165, 1.54) is 10.9 Å². The Labute approximate surface area is 122 Å². The number of carbonyl (C=O) groups excluding carboxylic acids is 1. The number of amides is 1. The van der Waals surface area contributed by atoms with Crippen molar-refractivity contribution in [2.45, 2.75) is 18.1 Å². The Balaban J connectivity index is 1.91. The fraction of sp³-hybridized carbons (Fsp3) is 0.333. The molecule has 0 saturated carbocycles. The van der Waals surface area contributed by atoms with Gasteiger partial charge in [-0.2, -0.15) is 4.99 Å². The number of thioether (sulfide) groups is 1. The number of nitrogens with zero attached hydrogens (tertiary/aromatic N) is 2. The van der Waals surface area contributed by atoms with Crippen molar-refractivity contribution in [3.8, 4) is 0 Å². The Hall–Kier alpha value is -1.75. The fourth-order valence-corrected chi connectivity index (χ4v) is 3.59. The standard InChI is InChI=1S/C15H17N3OS/c1-9(13-14(19)17-15(20-13)18(2)3)11-8-16-12-7-5-4-6-10(11)12/h4-9,13,16H,1-3H3/t9-,13+/m1/s1. The number of para-hydroxylation sites is 1. The van der Waals surface area contributed by atoms with Gasteiger partial charge in [-0.3, -0.25) is 4.79 Å². The summed E-state index contributed by atoms with van der Waals surface area (Å²) in [5, 5.41) is 1.85. The SMILES string of the molecule is C[C@H](c1c[nH]c2ccccc12)[C@@H]1SC(N(C)C)=NC1=O. The van der Waals surface area contributed by atoms with Crippen LogP contribution in [0.1, 0.15) is 18.4 Å². The number of aliphatic imine (C=N–C) groups is 1. The maximum atomic E-state index is 12.1. The van der Waals surface area contributed by atoms with Gasteiger partial charge < -0.3 is 9.88 Å². The van der Waals surface area contributed by atoms with Crippen molar-refractivity contribution < 1.29 is 4.79 Å². The molecule has 2 heterocycles. The summed E-state index contributed by atoms with van der Waals surface area (Å²) in [6, 6.07) is 8.18. The molecule has 0 saturated heterocycles. The summed E-state index contributed by atoms with van der Waals surface area (Å²) in [5.74, 6) is 0.0985. The van der Waals surface area contributed by atoms with Gasteiger partial charge in [0.05, 0.1) is 0 Å². The minimum atomic E-state index is -0.133. The summed E-state index contributed by atoms with van der Waals surface area (Å²) in [6.45, 7) is 2.10. The first-order valence-electron chi connectivity index (χ1n) is 6.60. The average Bonchev–Trinajstić information content (AvgIpc) is 3.01. The van der Waals surface area contributed by atoms with E-state index >= 15 is 0 Å². The Morgan fingerprint density at radius 3 is 2.80 bits per heavy atom. The van der Waals surface area contributed by atoms with Crippen LogP contribution in [-0.2, 0) is 4.79 Å². The number of nitrogens with one attached hydrogen (secondary N) is 1.